The molecular weight excluding hydrogens is 264 g/mol. The summed E-state index contributed by atoms with van der Waals surface area (Å²) in [6.45, 7) is 1.58. The van der Waals surface area contributed by atoms with Crippen LogP contribution in [-0.4, -0.2) is 24.7 Å². The molecule has 0 aromatic heterocycles. The number of para-hydroxylation sites is 1. The van der Waals surface area contributed by atoms with Crippen molar-refractivity contribution in [3.05, 3.63) is 29.6 Å². The molecule has 2 N–H and O–H groups in total. The van der Waals surface area contributed by atoms with Crippen molar-refractivity contribution < 1.29 is 22.4 Å². The van der Waals surface area contributed by atoms with Gasteiger partial charge in [0.2, 0.25) is 5.91 Å². The molecule has 0 heterocycles. The first-order valence-corrected chi connectivity index (χ1v) is 5.57. The Morgan fingerprint density at radius 1 is 1.37 bits per heavy atom. The van der Waals surface area contributed by atoms with Gasteiger partial charge < -0.3 is 10.6 Å². The van der Waals surface area contributed by atoms with Gasteiger partial charge in [0.05, 0.1) is 5.69 Å². The molecule has 0 saturated heterocycles. The van der Waals surface area contributed by atoms with Crippen LogP contribution in [0.1, 0.15) is 12.5 Å². The quantitative estimate of drug-likeness (QED) is 0.831. The maximum absolute atomic E-state index is 13.5. The number of anilines is 1. The molecular formula is C12H14F4N2O. The number of carbonyl (C=O) groups is 1. The van der Waals surface area contributed by atoms with Crippen molar-refractivity contribution in [3.8, 4) is 0 Å². The first-order chi connectivity index (χ1) is 8.70. The second-order valence-corrected chi connectivity index (χ2v) is 4.13. The fourth-order valence-electron chi connectivity index (χ4n) is 1.44. The minimum atomic E-state index is -4.47. The molecule has 0 spiro atoms. The monoisotopic (exact) mass is 278 g/mol. The third-order valence-electron chi connectivity index (χ3n) is 2.44. The molecule has 1 aromatic rings. The molecule has 0 saturated carbocycles. The Balaban J connectivity index is 2.64. The summed E-state index contributed by atoms with van der Waals surface area (Å²) in [5.41, 5.74) is 0.674. The van der Waals surface area contributed by atoms with Crippen LogP contribution in [0.15, 0.2) is 18.2 Å². The zero-order valence-corrected chi connectivity index (χ0v) is 10.4. The molecule has 1 atom stereocenters. The standard InChI is InChI=1S/C12H14F4N2O/c1-7-4-3-5-9(13)10(7)18-8(2)11(19)17-6-12(14,15)16/h3-5,8,18H,6H2,1-2H3,(H,17,19). The number of benzene rings is 1. The van der Waals surface area contributed by atoms with Crippen molar-refractivity contribution in [1.29, 1.82) is 0 Å². The van der Waals surface area contributed by atoms with E-state index in [1.54, 1.807) is 18.3 Å². The Morgan fingerprint density at radius 2 is 2.00 bits per heavy atom. The van der Waals surface area contributed by atoms with Crippen LogP contribution < -0.4 is 10.6 Å². The van der Waals surface area contributed by atoms with Crippen LogP contribution in [0.5, 0.6) is 0 Å². The van der Waals surface area contributed by atoms with E-state index in [2.05, 4.69) is 5.32 Å². The summed E-state index contributed by atoms with van der Waals surface area (Å²) in [7, 11) is 0. The lowest BCUT2D eigenvalue weighted by Crippen LogP contribution is -2.42. The predicted octanol–water partition coefficient (Wildman–Crippen LogP) is 2.61. The van der Waals surface area contributed by atoms with Crippen molar-refractivity contribution in [2.45, 2.75) is 26.1 Å². The SMILES string of the molecule is Cc1cccc(F)c1NC(C)C(=O)NCC(F)(F)F. The lowest BCUT2D eigenvalue weighted by atomic mass is 10.1. The third kappa shape index (κ3) is 4.76. The van der Waals surface area contributed by atoms with E-state index >= 15 is 0 Å². The van der Waals surface area contributed by atoms with E-state index in [9.17, 15) is 22.4 Å². The molecule has 0 aliphatic heterocycles. The van der Waals surface area contributed by atoms with E-state index in [0.29, 0.717) is 5.56 Å². The van der Waals surface area contributed by atoms with E-state index in [0.717, 1.165) is 0 Å². The lowest BCUT2D eigenvalue weighted by Gasteiger charge is -2.17. The number of halogens is 4. The van der Waals surface area contributed by atoms with Gasteiger partial charge in [-0.05, 0) is 25.5 Å². The molecule has 1 amide bonds. The number of carbonyl (C=O) groups excluding carboxylic acids is 1. The first-order valence-electron chi connectivity index (χ1n) is 5.57. The Morgan fingerprint density at radius 3 is 2.53 bits per heavy atom. The number of hydrogen-bond acceptors (Lipinski definition) is 2. The number of hydrogen-bond donors (Lipinski definition) is 2. The van der Waals surface area contributed by atoms with Gasteiger partial charge in [0.15, 0.2) is 0 Å². The van der Waals surface area contributed by atoms with E-state index in [4.69, 9.17) is 0 Å². The zero-order valence-electron chi connectivity index (χ0n) is 10.4. The number of nitrogens with one attached hydrogen (secondary N) is 2. The second-order valence-electron chi connectivity index (χ2n) is 4.13. The number of alkyl halides is 3. The molecule has 7 heteroatoms. The van der Waals surface area contributed by atoms with Crippen LogP contribution in [0, 0.1) is 12.7 Å². The van der Waals surface area contributed by atoms with Crippen molar-refractivity contribution >= 4 is 11.6 Å². The van der Waals surface area contributed by atoms with Crippen LogP contribution in [0.3, 0.4) is 0 Å². The number of amides is 1. The van der Waals surface area contributed by atoms with Crippen LogP contribution in [0.4, 0.5) is 23.2 Å². The highest BCUT2D eigenvalue weighted by atomic mass is 19.4. The highest BCUT2D eigenvalue weighted by Crippen LogP contribution is 2.19. The summed E-state index contributed by atoms with van der Waals surface area (Å²) in [4.78, 5) is 11.4. The molecule has 1 unspecified atom stereocenters. The van der Waals surface area contributed by atoms with Gasteiger partial charge in [-0.2, -0.15) is 13.2 Å². The molecule has 0 fully saturated rings. The summed E-state index contributed by atoms with van der Waals surface area (Å²) in [6.07, 6.45) is -4.47. The molecule has 106 valence electrons. The zero-order chi connectivity index (χ0) is 14.6. The smallest absolute Gasteiger partial charge is 0.371 e. The van der Waals surface area contributed by atoms with Gasteiger partial charge in [-0.3, -0.25) is 4.79 Å². The minimum Gasteiger partial charge on any atom is -0.371 e. The minimum absolute atomic E-state index is 0.108. The van der Waals surface area contributed by atoms with Crippen molar-refractivity contribution in [2.75, 3.05) is 11.9 Å². The van der Waals surface area contributed by atoms with Gasteiger partial charge >= 0.3 is 6.18 Å². The maximum atomic E-state index is 13.5. The number of aryl methyl sites for hydroxylation is 1. The molecule has 0 aliphatic rings. The van der Waals surface area contributed by atoms with Gasteiger partial charge in [0, 0.05) is 0 Å². The van der Waals surface area contributed by atoms with Gasteiger partial charge in [0.25, 0.3) is 0 Å². The molecule has 19 heavy (non-hydrogen) atoms. The van der Waals surface area contributed by atoms with Crippen LogP contribution in [-0.2, 0) is 4.79 Å². The lowest BCUT2D eigenvalue weighted by molar-refractivity contribution is -0.138. The van der Waals surface area contributed by atoms with Gasteiger partial charge in [-0.25, -0.2) is 4.39 Å². The molecule has 1 rings (SSSR count). The summed E-state index contributed by atoms with van der Waals surface area (Å²) in [5, 5.41) is 4.29. The van der Waals surface area contributed by atoms with E-state index < -0.39 is 30.5 Å². The maximum Gasteiger partial charge on any atom is 0.405 e. The van der Waals surface area contributed by atoms with Gasteiger partial charge in [0.1, 0.15) is 18.4 Å². The Labute approximate surface area is 108 Å². The van der Waals surface area contributed by atoms with Gasteiger partial charge in [-0.1, -0.05) is 12.1 Å². The first kappa shape index (κ1) is 15.3. The predicted molar refractivity (Wildman–Crippen MR) is 63.3 cm³/mol. The van der Waals surface area contributed by atoms with Crippen molar-refractivity contribution in [2.24, 2.45) is 0 Å². The highest BCUT2D eigenvalue weighted by molar-refractivity contribution is 5.84. The molecule has 3 nitrogen and oxygen atoms in total. The largest absolute Gasteiger partial charge is 0.405 e. The third-order valence-corrected chi connectivity index (χ3v) is 2.44. The Kier molecular flexibility index (Phi) is 4.74. The Bertz CT molecular complexity index is 439. The fourth-order valence-corrected chi connectivity index (χ4v) is 1.44. The molecule has 0 bridgehead atoms. The Hall–Kier alpha value is -1.79. The average molecular weight is 278 g/mol. The van der Waals surface area contributed by atoms with E-state index in [-0.39, 0.29) is 5.69 Å². The summed E-state index contributed by atoms with van der Waals surface area (Å²) >= 11 is 0. The van der Waals surface area contributed by atoms with Crippen LogP contribution in [0.25, 0.3) is 0 Å². The van der Waals surface area contributed by atoms with Crippen LogP contribution in [0.2, 0.25) is 0 Å². The summed E-state index contributed by atoms with van der Waals surface area (Å²) < 4.78 is 49.3. The van der Waals surface area contributed by atoms with Crippen LogP contribution >= 0.6 is 0 Å². The van der Waals surface area contributed by atoms with E-state index in [1.165, 1.54) is 19.1 Å². The van der Waals surface area contributed by atoms with Gasteiger partial charge in [-0.15, -0.1) is 0 Å². The van der Waals surface area contributed by atoms with E-state index in [1.807, 2.05) is 0 Å². The average Bonchev–Trinajstić information content (AvgIpc) is 2.29. The second kappa shape index (κ2) is 5.90. The molecule has 1 aromatic carbocycles. The summed E-state index contributed by atoms with van der Waals surface area (Å²) in [5.74, 6) is -1.41. The highest BCUT2D eigenvalue weighted by Gasteiger charge is 2.28. The van der Waals surface area contributed by atoms with Crippen molar-refractivity contribution in [1.82, 2.24) is 5.32 Å². The molecule has 0 radical (unpaired) electrons. The number of rotatable bonds is 4. The molecule has 0 aliphatic carbocycles. The topological polar surface area (TPSA) is 41.1 Å². The summed E-state index contributed by atoms with van der Waals surface area (Å²) in [6, 6.07) is 3.36. The van der Waals surface area contributed by atoms with Crippen molar-refractivity contribution in [3.63, 3.8) is 0 Å². The normalized spacial score (nSPS) is 12.9. The fraction of sp³-hybridized carbons (Fsp3) is 0.417.